The molecule has 3 N–H and O–H groups in total. The fraction of sp³-hybridized carbons (Fsp3) is 0.933. The molecule has 188 valence electrons. The molecular weight excluding hydrogens is 408 g/mol. The number of hydrogen-bond acceptors (Lipinski definition) is 3. The molecule has 11 unspecified atom stereocenters. The first-order chi connectivity index (χ1) is 15.4. The molecule has 0 heterocycles. The Hall–Kier alpha value is -0.380. The number of hydrogen-bond donors (Lipinski definition) is 3. The van der Waals surface area contributed by atoms with E-state index in [-0.39, 0.29) is 27.1 Å². The molecule has 0 bridgehead atoms. The standard InChI is InChI=1S/C30H50O3/c1-7-8-19-11-14-30(18-31)16-15-27(4)20(25(19)30)9-10-22-28(27,5)13-12-21-26(2,3)23(32)17-24(33)29(21,22)6/h7,19-25,31-33H,1,8-18H2,2-6H3. The molecule has 0 amide bonds. The van der Waals surface area contributed by atoms with Crippen LogP contribution in [-0.4, -0.2) is 34.1 Å². The van der Waals surface area contributed by atoms with E-state index in [0.717, 1.165) is 19.3 Å². The highest BCUT2D eigenvalue weighted by atomic mass is 16.3. The number of fused-ring (bicyclic) bond motifs is 7. The van der Waals surface area contributed by atoms with Crippen LogP contribution in [0.25, 0.3) is 0 Å². The van der Waals surface area contributed by atoms with E-state index in [1.165, 1.54) is 38.5 Å². The van der Waals surface area contributed by atoms with Gasteiger partial charge in [0.15, 0.2) is 0 Å². The second-order valence-corrected chi connectivity index (χ2v) is 14.5. The second kappa shape index (κ2) is 7.56. The summed E-state index contributed by atoms with van der Waals surface area (Å²) in [6.07, 6.45) is 12.4. The summed E-state index contributed by atoms with van der Waals surface area (Å²) in [5.74, 6) is 2.79. The molecule has 3 heteroatoms. The van der Waals surface area contributed by atoms with Crippen LogP contribution < -0.4 is 0 Å². The van der Waals surface area contributed by atoms with Crippen LogP contribution in [-0.2, 0) is 0 Å². The first-order valence-corrected chi connectivity index (χ1v) is 14.0. The van der Waals surface area contributed by atoms with Crippen LogP contribution in [0.3, 0.4) is 0 Å². The van der Waals surface area contributed by atoms with Crippen LogP contribution in [0.5, 0.6) is 0 Å². The maximum absolute atomic E-state index is 11.5. The van der Waals surface area contributed by atoms with Crippen LogP contribution in [0.4, 0.5) is 0 Å². The van der Waals surface area contributed by atoms with Gasteiger partial charge in [0.05, 0.1) is 12.2 Å². The van der Waals surface area contributed by atoms with Crippen molar-refractivity contribution in [2.75, 3.05) is 6.61 Å². The summed E-state index contributed by atoms with van der Waals surface area (Å²) >= 11 is 0. The van der Waals surface area contributed by atoms with Crippen LogP contribution in [0.1, 0.15) is 98.8 Å². The smallest absolute Gasteiger partial charge is 0.0624 e. The Labute approximate surface area is 202 Å². The van der Waals surface area contributed by atoms with Gasteiger partial charge in [0.25, 0.3) is 0 Å². The number of aliphatic hydroxyl groups excluding tert-OH is 3. The minimum absolute atomic E-state index is 0.124. The third kappa shape index (κ3) is 2.85. The Morgan fingerprint density at radius 2 is 1.55 bits per heavy atom. The van der Waals surface area contributed by atoms with Crippen molar-refractivity contribution in [1.29, 1.82) is 0 Å². The third-order valence-corrected chi connectivity index (χ3v) is 13.6. The van der Waals surface area contributed by atoms with E-state index in [9.17, 15) is 15.3 Å². The number of aliphatic hydroxyl groups is 3. The lowest BCUT2D eigenvalue weighted by Crippen LogP contribution is -2.69. The van der Waals surface area contributed by atoms with Crippen LogP contribution in [0.2, 0.25) is 0 Å². The Balaban J connectivity index is 1.56. The van der Waals surface area contributed by atoms with Crippen molar-refractivity contribution in [3.63, 3.8) is 0 Å². The lowest BCUT2D eigenvalue weighted by molar-refractivity contribution is -0.275. The Bertz CT molecular complexity index is 791. The molecule has 5 saturated carbocycles. The summed E-state index contributed by atoms with van der Waals surface area (Å²) in [6.45, 7) is 16.5. The second-order valence-electron chi connectivity index (χ2n) is 14.5. The topological polar surface area (TPSA) is 60.7 Å². The first kappa shape index (κ1) is 24.3. The molecule has 0 radical (unpaired) electrons. The number of allylic oxidation sites excluding steroid dienone is 1. The Morgan fingerprint density at radius 3 is 2.21 bits per heavy atom. The molecule has 0 aromatic heterocycles. The lowest BCUT2D eigenvalue weighted by Gasteiger charge is -2.73. The molecule has 5 fully saturated rings. The van der Waals surface area contributed by atoms with E-state index >= 15 is 0 Å². The van der Waals surface area contributed by atoms with Crippen molar-refractivity contribution in [2.45, 2.75) is 111 Å². The highest BCUT2D eigenvalue weighted by Crippen LogP contribution is 2.77. The molecular formula is C30H50O3. The van der Waals surface area contributed by atoms with Crippen molar-refractivity contribution in [3.05, 3.63) is 12.7 Å². The monoisotopic (exact) mass is 458 g/mol. The van der Waals surface area contributed by atoms with E-state index in [1.54, 1.807) is 0 Å². The van der Waals surface area contributed by atoms with Crippen molar-refractivity contribution < 1.29 is 15.3 Å². The van der Waals surface area contributed by atoms with Gasteiger partial charge in [0.1, 0.15) is 0 Å². The summed E-state index contributed by atoms with van der Waals surface area (Å²) in [5.41, 5.74) is 0.288. The van der Waals surface area contributed by atoms with E-state index in [1.807, 2.05) is 0 Å². The predicted octanol–water partition coefficient (Wildman–Crippen LogP) is 5.97. The summed E-state index contributed by atoms with van der Waals surface area (Å²) in [6, 6.07) is 0. The number of rotatable bonds is 3. The van der Waals surface area contributed by atoms with Gasteiger partial charge in [0.2, 0.25) is 0 Å². The zero-order valence-corrected chi connectivity index (χ0v) is 21.9. The molecule has 3 nitrogen and oxygen atoms in total. The maximum Gasteiger partial charge on any atom is 0.0624 e. The van der Waals surface area contributed by atoms with Crippen molar-refractivity contribution in [1.82, 2.24) is 0 Å². The van der Waals surface area contributed by atoms with Crippen LogP contribution in [0, 0.1) is 56.7 Å². The van der Waals surface area contributed by atoms with Gasteiger partial charge >= 0.3 is 0 Å². The molecule has 0 aromatic carbocycles. The van der Waals surface area contributed by atoms with Gasteiger partial charge in [-0.1, -0.05) is 40.7 Å². The summed E-state index contributed by atoms with van der Waals surface area (Å²) in [4.78, 5) is 0. The van der Waals surface area contributed by atoms with E-state index in [4.69, 9.17) is 0 Å². The Kier molecular flexibility index (Phi) is 5.57. The van der Waals surface area contributed by atoms with Gasteiger partial charge in [-0.2, -0.15) is 0 Å². The highest BCUT2D eigenvalue weighted by molar-refractivity contribution is 5.20. The third-order valence-electron chi connectivity index (χ3n) is 13.6. The normalized spacial score (nSPS) is 57.4. The van der Waals surface area contributed by atoms with Crippen molar-refractivity contribution >= 4 is 0 Å². The van der Waals surface area contributed by atoms with Crippen molar-refractivity contribution in [2.24, 2.45) is 56.7 Å². The van der Waals surface area contributed by atoms with Gasteiger partial charge < -0.3 is 15.3 Å². The first-order valence-electron chi connectivity index (χ1n) is 14.0. The molecule has 0 aromatic rings. The average molecular weight is 459 g/mol. The fourth-order valence-corrected chi connectivity index (χ4v) is 11.6. The van der Waals surface area contributed by atoms with E-state index < -0.39 is 12.2 Å². The van der Waals surface area contributed by atoms with Gasteiger partial charge in [-0.05, 0) is 109 Å². The maximum atomic E-state index is 11.5. The summed E-state index contributed by atoms with van der Waals surface area (Å²) in [5, 5.41) is 33.1. The van der Waals surface area contributed by atoms with Gasteiger partial charge in [-0.15, -0.1) is 6.58 Å². The minimum Gasteiger partial charge on any atom is -0.396 e. The molecule has 0 aliphatic heterocycles. The largest absolute Gasteiger partial charge is 0.396 e. The SMILES string of the molecule is C=CCC1CCC2(CO)CCC3(C)C(CCC4C5(C)C(O)CC(O)C(C)(C)C5CCC43C)C12. The minimum atomic E-state index is -0.421. The van der Waals surface area contributed by atoms with Gasteiger partial charge in [-0.25, -0.2) is 0 Å². The van der Waals surface area contributed by atoms with Crippen molar-refractivity contribution in [3.8, 4) is 0 Å². The van der Waals surface area contributed by atoms with Gasteiger partial charge in [0, 0.05) is 18.4 Å². The fourth-order valence-electron chi connectivity index (χ4n) is 11.6. The lowest BCUT2D eigenvalue weighted by atomic mass is 9.32. The Morgan fingerprint density at radius 1 is 0.818 bits per heavy atom. The summed E-state index contributed by atoms with van der Waals surface area (Å²) in [7, 11) is 0. The summed E-state index contributed by atoms with van der Waals surface area (Å²) < 4.78 is 0. The van der Waals surface area contributed by atoms with Gasteiger partial charge in [-0.3, -0.25) is 0 Å². The molecule has 33 heavy (non-hydrogen) atoms. The molecule has 11 atom stereocenters. The zero-order valence-electron chi connectivity index (χ0n) is 21.9. The van der Waals surface area contributed by atoms with E-state index in [0.29, 0.717) is 42.6 Å². The molecule has 5 aliphatic rings. The quantitative estimate of drug-likeness (QED) is 0.457. The zero-order chi connectivity index (χ0) is 24.0. The van der Waals surface area contributed by atoms with Crippen LogP contribution >= 0.6 is 0 Å². The predicted molar refractivity (Wildman–Crippen MR) is 133 cm³/mol. The molecule has 0 spiro atoms. The van der Waals surface area contributed by atoms with Crippen LogP contribution in [0.15, 0.2) is 12.7 Å². The average Bonchev–Trinajstić information content (AvgIpc) is 3.12. The van der Waals surface area contributed by atoms with E-state index in [2.05, 4.69) is 47.3 Å². The molecule has 5 aliphatic carbocycles. The highest BCUT2D eigenvalue weighted by Gasteiger charge is 2.72. The molecule has 5 rings (SSSR count). The molecule has 0 saturated heterocycles.